The van der Waals surface area contributed by atoms with Crippen LogP contribution < -0.4 is 5.32 Å². The van der Waals surface area contributed by atoms with E-state index in [1.165, 1.54) is 16.2 Å². The first-order valence-corrected chi connectivity index (χ1v) is 7.84. The van der Waals surface area contributed by atoms with Gasteiger partial charge < -0.3 is 10.1 Å². The van der Waals surface area contributed by atoms with E-state index in [0.29, 0.717) is 13.2 Å². The Labute approximate surface area is 124 Å². The van der Waals surface area contributed by atoms with E-state index in [0.717, 1.165) is 27.9 Å². The van der Waals surface area contributed by atoms with Gasteiger partial charge in [-0.1, -0.05) is 12.1 Å². The lowest BCUT2D eigenvalue weighted by atomic mass is 10.3. The number of fused-ring (bicyclic) bond motifs is 1. The number of anilines is 1. The van der Waals surface area contributed by atoms with E-state index in [2.05, 4.69) is 25.7 Å². The maximum Gasteiger partial charge on any atom is 0.202 e. The van der Waals surface area contributed by atoms with E-state index in [1.54, 1.807) is 18.4 Å². The average molecular weight is 306 g/mol. The van der Waals surface area contributed by atoms with Crippen molar-refractivity contribution in [3.8, 4) is 0 Å². The fourth-order valence-electron chi connectivity index (χ4n) is 1.77. The summed E-state index contributed by atoms with van der Waals surface area (Å²) in [5.41, 5.74) is 1.05. The number of ether oxygens (including phenoxy) is 1. The summed E-state index contributed by atoms with van der Waals surface area (Å²) in [6.45, 7) is 1.33. The quantitative estimate of drug-likeness (QED) is 0.758. The van der Waals surface area contributed by atoms with E-state index in [-0.39, 0.29) is 0 Å². The Bertz CT molecular complexity index is 661. The van der Waals surface area contributed by atoms with Crippen molar-refractivity contribution in [1.29, 1.82) is 0 Å². The number of thiazole rings is 1. The third-order valence-corrected chi connectivity index (χ3v) is 4.47. The molecule has 0 aliphatic heterocycles. The summed E-state index contributed by atoms with van der Waals surface area (Å²) in [6, 6.07) is 8.16. The molecule has 0 aliphatic rings. The van der Waals surface area contributed by atoms with Gasteiger partial charge in [-0.05, 0) is 12.1 Å². The van der Waals surface area contributed by atoms with E-state index in [9.17, 15) is 0 Å². The Hall–Kier alpha value is -1.57. The first-order chi connectivity index (χ1) is 9.85. The normalized spacial score (nSPS) is 11.1. The molecule has 2 aromatic heterocycles. The molecule has 0 saturated heterocycles. The molecule has 0 unspecified atom stereocenters. The molecule has 5 nitrogen and oxygen atoms in total. The summed E-state index contributed by atoms with van der Waals surface area (Å²) in [7, 11) is 1.68. The van der Waals surface area contributed by atoms with Gasteiger partial charge in [-0.25, -0.2) is 9.97 Å². The molecule has 0 amide bonds. The van der Waals surface area contributed by atoms with Gasteiger partial charge in [-0.2, -0.15) is 4.37 Å². The third-order valence-electron chi connectivity index (χ3n) is 2.73. The number of hydrogen-bond donors (Lipinski definition) is 1. The van der Waals surface area contributed by atoms with E-state index in [4.69, 9.17) is 4.74 Å². The van der Waals surface area contributed by atoms with Crippen molar-refractivity contribution in [1.82, 2.24) is 14.3 Å². The van der Waals surface area contributed by atoms with Gasteiger partial charge in [0.25, 0.3) is 0 Å². The van der Waals surface area contributed by atoms with Gasteiger partial charge in [0.05, 0.1) is 23.4 Å². The highest BCUT2D eigenvalue weighted by Gasteiger charge is 2.06. The number of nitrogens with zero attached hydrogens (tertiary/aromatic N) is 3. The molecular weight excluding hydrogens is 292 g/mol. The molecule has 3 rings (SSSR count). The number of rotatable bonds is 6. The molecule has 1 aromatic carbocycles. The maximum absolute atomic E-state index is 5.01. The molecule has 0 bridgehead atoms. The topological polar surface area (TPSA) is 59.9 Å². The number of para-hydroxylation sites is 1. The molecule has 0 atom stereocenters. The average Bonchev–Trinajstić information content (AvgIpc) is 3.09. The van der Waals surface area contributed by atoms with E-state index >= 15 is 0 Å². The summed E-state index contributed by atoms with van der Waals surface area (Å²) in [5.74, 6) is 0.823. The van der Waals surface area contributed by atoms with Gasteiger partial charge in [-0.3, -0.25) is 0 Å². The monoisotopic (exact) mass is 306 g/mol. The van der Waals surface area contributed by atoms with Gasteiger partial charge in [0.2, 0.25) is 5.13 Å². The molecule has 7 heteroatoms. The Morgan fingerprint density at radius 2 is 2.15 bits per heavy atom. The zero-order valence-corrected chi connectivity index (χ0v) is 12.6. The van der Waals surface area contributed by atoms with Crippen LogP contribution >= 0.6 is 22.9 Å². The molecule has 2 heterocycles. The predicted octanol–water partition coefficient (Wildman–Crippen LogP) is 2.95. The van der Waals surface area contributed by atoms with Crippen LogP contribution in [0.1, 0.15) is 10.8 Å². The number of benzene rings is 1. The Morgan fingerprint density at radius 3 is 3.00 bits per heavy atom. The first-order valence-electron chi connectivity index (χ1n) is 6.25. The summed E-state index contributed by atoms with van der Waals surface area (Å²) < 4.78 is 10.5. The number of nitrogens with one attached hydrogen (secondary N) is 1. The predicted molar refractivity (Wildman–Crippen MR) is 82.4 cm³/mol. The minimum absolute atomic E-state index is 0.647. The molecule has 0 radical (unpaired) electrons. The lowest BCUT2D eigenvalue weighted by Gasteiger charge is -1.97. The molecule has 0 fully saturated rings. The molecule has 20 heavy (non-hydrogen) atoms. The second-order valence-electron chi connectivity index (χ2n) is 4.19. The van der Waals surface area contributed by atoms with Crippen LogP contribution in [0.25, 0.3) is 10.2 Å². The molecule has 1 N–H and O–H groups in total. The summed E-state index contributed by atoms with van der Waals surface area (Å²) >= 11 is 3.08. The molecule has 0 aliphatic carbocycles. The zero-order valence-electron chi connectivity index (χ0n) is 11.0. The number of methoxy groups -OCH3 is 1. The van der Waals surface area contributed by atoms with Crippen molar-refractivity contribution in [2.45, 2.75) is 13.0 Å². The number of hydrogen-bond acceptors (Lipinski definition) is 7. The summed E-state index contributed by atoms with van der Waals surface area (Å²) in [5, 5.41) is 5.16. The smallest absolute Gasteiger partial charge is 0.202 e. The molecule has 104 valence electrons. The van der Waals surface area contributed by atoms with Crippen LogP contribution in [0.3, 0.4) is 0 Å². The Kier molecular flexibility index (Phi) is 4.19. The van der Waals surface area contributed by atoms with Crippen molar-refractivity contribution in [3.63, 3.8) is 0 Å². The first kappa shape index (κ1) is 13.4. The minimum atomic E-state index is 0.647. The highest BCUT2D eigenvalue weighted by molar-refractivity contribution is 7.18. The molecule has 0 spiro atoms. The Balaban J connectivity index is 1.62. The highest BCUT2D eigenvalue weighted by Crippen LogP contribution is 2.22. The standard InChI is InChI=1S/C13H14N4OS2/c1-18-7-6-11-16-13(20-17-11)14-8-12-15-9-4-2-3-5-10(9)19-12/h2-5H,6-8H2,1H3,(H,14,16,17). The fourth-order valence-corrected chi connectivity index (χ4v) is 3.28. The third kappa shape index (κ3) is 3.12. The second-order valence-corrected chi connectivity index (χ2v) is 6.05. The van der Waals surface area contributed by atoms with Crippen LogP contribution in [-0.2, 0) is 17.7 Å². The van der Waals surface area contributed by atoms with Crippen LogP contribution in [0.4, 0.5) is 5.13 Å². The summed E-state index contributed by atoms with van der Waals surface area (Å²) in [4.78, 5) is 8.99. The minimum Gasteiger partial charge on any atom is -0.384 e. The van der Waals surface area contributed by atoms with Crippen LogP contribution in [0, 0.1) is 0 Å². The van der Waals surface area contributed by atoms with E-state index < -0.39 is 0 Å². The largest absolute Gasteiger partial charge is 0.384 e. The zero-order chi connectivity index (χ0) is 13.8. The van der Waals surface area contributed by atoms with Crippen LogP contribution in [0.15, 0.2) is 24.3 Å². The van der Waals surface area contributed by atoms with Gasteiger partial charge >= 0.3 is 0 Å². The van der Waals surface area contributed by atoms with Crippen molar-refractivity contribution in [2.75, 3.05) is 19.0 Å². The number of aromatic nitrogens is 3. The van der Waals surface area contributed by atoms with Crippen molar-refractivity contribution >= 4 is 38.2 Å². The van der Waals surface area contributed by atoms with Crippen LogP contribution in [0.2, 0.25) is 0 Å². The van der Waals surface area contributed by atoms with E-state index in [1.807, 2.05) is 18.2 Å². The Morgan fingerprint density at radius 1 is 1.25 bits per heavy atom. The van der Waals surface area contributed by atoms with Crippen molar-refractivity contribution < 1.29 is 4.74 Å². The maximum atomic E-state index is 5.01. The molecular formula is C13H14N4OS2. The van der Waals surface area contributed by atoms with Crippen LogP contribution in [0.5, 0.6) is 0 Å². The van der Waals surface area contributed by atoms with Crippen molar-refractivity contribution in [3.05, 3.63) is 35.1 Å². The summed E-state index contributed by atoms with van der Waals surface area (Å²) in [6.07, 6.45) is 0.746. The highest BCUT2D eigenvalue weighted by atomic mass is 32.1. The molecule has 0 saturated carbocycles. The van der Waals surface area contributed by atoms with Crippen molar-refractivity contribution in [2.24, 2.45) is 0 Å². The lowest BCUT2D eigenvalue weighted by molar-refractivity contribution is 0.201. The molecule has 3 aromatic rings. The van der Waals surface area contributed by atoms with Crippen LogP contribution in [-0.4, -0.2) is 28.1 Å². The fraction of sp³-hybridized carbons (Fsp3) is 0.308. The second kappa shape index (κ2) is 6.25. The lowest BCUT2D eigenvalue weighted by Crippen LogP contribution is -2.00. The van der Waals surface area contributed by atoms with Gasteiger partial charge in [0.15, 0.2) is 0 Å². The van der Waals surface area contributed by atoms with Gasteiger partial charge in [0.1, 0.15) is 10.8 Å². The van der Waals surface area contributed by atoms with Gasteiger partial charge in [0, 0.05) is 25.1 Å². The SMILES string of the molecule is COCCc1nsc(NCc2nc3ccccc3s2)n1. The van der Waals surface area contributed by atoms with Gasteiger partial charge in [-0.15, -0.1) is 11.3 Å².